The molecule has 0 spiro atoms. The van der Waals surface area contributed by atoms with E-state index in [0.29, 0.717) is 40.4 Å². The van der Waals surface area contributed by atoms with Crippen LogP contribution in [0.3, 0.4) is 0 Å². The molecule has 11 nitrogen and oxygen atoms in total. The molecule has 2 aliphatic rings. The van der Waals surface area contributed by atoms with Crippen LogP contribution >= 0.6 is 0 Å². The molecule has 2 aromatic carbocycles. The molecule has 214 valence electrons. The van der Waals surface area contributed by atoms with Gasteiger partial charge in [-0.1, -0.05) is 0 Å². The summed E-state index contributed by atoms with van der Waals surface area (Å²) < 4.78 is 22.2. The van der Waals surface area contributed by atoms with Crippen molar-refractivity contribution in [2.24, 2.45) is 7.05 Å². The van der Waals surface area contributed by atoms with E-state index < -0.39 is 11.7 Å². The predicted molar refractivity (Wildman–Crippen MR) is 154 cm³/mol. The van der Waals surface area contributed by atoms with Crippen molar-refractivity contribution < 1.29 is 18.7 Å². The molecule has 2 N–H and O–H groups in total. The van der Waals surface area contributed by atoms with Crippen molar-refractivity contribution in [1.82, 2.24) is 30.0 Å². The molecular formula is C29H33FN8O3. The number of rotatable bonds is 6. The maximum absolute atomic E-state index is 14.7. The Bertz CT molecular complexity index is 1650. The average Bonchev–Trinajstić information content (AvgIpc) is 3.46. The number of nitrogens with zero attached hydrogens (tertiary/aromatic N) is 6. The summed E-state index contributed by atoms with van der Waals surface area (Å²) in [5.41, 5.74) is 2.22. The lowest BCUT2D eigenvalue weighted by atomic mass is 10.0. The minimum Gasteiger partial charge on any atom is -0.461 e. The van der Waals surface area contributed by atoms with E-state index in [-0.39, 0.29) is 42.2 Å². The zero-order chi connectivity index (χ0) is 28.8. The van der Waals surface area contributed by atoms with E-state index in [1.54, 1.807) is 43.5 Å². The van der Waals surface area contributed by atoms with Gasteiger partial charge in [0.05, 0.1) is 17.1 Å². The number of ether oxygens (including phenoxy) is 1. The third-order valence-corrected chi connectivity index (χ3v) is 7.82. The van der Waals surface area contributed by atoms with Gasteiger partial charge in [0.25, 0.3) is 5.91 Å². The van der Waals surface area contributed by atoms with Gasteiger partial charge in [-0.3, -0.25) is 14.3 Å². The smallest absolute Gasteiger partial charge is 0.317 e. The Morgan fingerprint density at radius 1 is 1.17 bits per heavy atom. The molecule has 4 heterocycles. The molecule has 0 unspecified atom stereocenters. The zero-order valence-electron chi connectivity index (χ0n) is 23.5. The number of anilines is 2. The number of carbonyl (C=O) groups is 2. The predicted octanol–water partition coefficient (Wildman–Crippen LogP) is 3.09. The van der Waals surface area contributed by atoms with Gasteiger partial charge in [-0.2, -0.15) is 10.1 Å². The number of aromatic nitrogens is 4. The van der Waals surface area contributed by atoms with Crippen LogP contribution < -0.4 is 20.3 Å². The molecular weight excluding hydrogens is 527 g/mol. The SMILES string of the molecule is C[C@@H]1CN(c2ccc(C(=O)Nc3cc(F)c4nn(C)cc4c3)c3nc(OC[C@@H]4CCC(=O)N4C)ncc23)C[C@H](C)N1. The van der Waals surface area contributed by atoms with Crippen LogP contribution in [-0.2, 0) is 11.8 Å². The van der Waals surface area contributed by atoms with Gasteiger partial charge in [-0.05, 0) is 44.5 Å². The normalized spacial score (nSPS) is 21.2. The van der Waals surface area contributed by atoms with Gasteiger partial charge in [0.1, 0.15) is 12.1 Å². The molecule has 2 saturated heterocycles. The van der Waals surface area contributed by atoms with E-state index in [4.69, 9.17) is 4.74 Å². The summed E-state index contributed by atoms with van der Waals surface area (Å²) >= 11 is 0. The molecule has 3 atom stereocenters. The topological polar surface area (TPSA) is 118 Å². The van der Waals surface area contributed by atoms with Crippen molar-refractivity contribution in [1.29, 1.82) is 0 Å². The standard InChI is InChI=1S/C29H33FN8O3/c1-16-12-38(13-17(2)32-16)24-7-6-21(28(40)33-19-9-18-14-36(3)35-26(18)23(30)10-19)27-22(24)11-31-29(34-27)41-15-20-5-8-25(39)37(20)4/h6-7,9-11,14,16-17,20,32H,5,8,12-13,15H2,1-4H3,(H,33,40)/t16-,17+,20-/m0/s1. The lowest BCUT2D eigenvalue weighted by molar-refractivity contribution is -0.127. The lowest BCUT2D eigenvalue weighted by Crippen LogP contribution is -2.54. The highest BCUT2D eigenvalue weighted by Crippen LogP contribution is 2.32. The summed E-state index contributed by atoms with van der Waals surface area (Å²) in [5, 5.41) is 11.8. The molecule has 0 aliphatic carbocycles. The fraction of sp³-hybridized carbons (Fsp3) is 0.414. The second-order valence-corrected chi connectivity index (χ2v) is 11.1. The van der Waals surface area contributed by atoms with Crippen LogP contribution in [0.25, 0.3) is 21.8 Å². The van der Waals surface area contributed by atoms with Crippen molar-refractivity contribution >= 4 is 45.0 Å². The highest BCUT2D eigenvalue weighted by molar-refractivity contribution is 6.14. The van der Waals surface area contributed by atoms with E-state index in [2.05, 4.69) is 44.4 Å². The Hall–Kier alpha value is -4.32. The Morgan fingerprint density at radius 2 is 1.95 bits per heavy atom. The van der Waals surface area contributed by atoms with E-state index in [9.17, 15) is 14.0 Å². The highest BCUT2D eigenvalue weighted by Gasteiger charge is 2.29. The van der Waals surface area contributed by atoms with Crippen LogP contribution in [0.1, 0.15) is 37.0 Å². The Morgan fingerprint density at radius 3 is 2.68 bits per heavy atom. The minimum atomic E-state index is -0.520. The van der Waals surface area contributed by atoms with Gasteiger partial charge in [-0.15, -0.1) is 0 Å². The third kappa shape index (κ3) is 5.26. The monoisotopic (exact) mass is 560 g/mol. The summed E-state index contributed by atoms with van der Waals surface area (Å²) in [6, 6.07) is 7.23. The molecule has 2 fully saturated rings. The molecule has 2 aliphatic heterocycles. The fourth-order valence-corrected chi connectivity index (χ4v) is 5.85. The van der Waals surface area contributed by atoms with Crippen LogP contribution in [0.15, 0.2) is 36.7 Å². The second-order valence-electron chi connectivity index (χ2n) is 11.1. The van der Waals surface area contributed by atoms with Crippen molar-refractivity contribution in [3.8, 4) is 6.01 Å². The number of hydrogen-bond acceptors (Lipinski definition) is 8. The van der Waals surface area contributed by atoms with E-state index in [1.165, 1.54) is 10.7 Å². The van der Waals surface area contributed by atoms with Crippen LogP contribution in [-0.4, -0.2) is 81.3 Å². The number of likely N-dealkylation sites (N-methyl/N-ethyl adjacent to an activating group) is 1. The van der Waals surface area contributed by atoms with E-state index in [1.807, 2.05) is 6.07 Å². The first-order valence-electron chi connectivity index (χ1n) is 13.8. The van der Waals surface area contributed by atoms with Gasteiger partial charge < -0.3 is 25.2 Å². The van der Waals surface area contributed by atoms with Crippen molar-refractivity contribution in [2.75, 3.05) is 37.0 Å². The van der Waals surface area contributed by atoms with E-state index in [0.717, 1.165) is 18.8 Å². The number of carbonyl (C=O) groups excluding carboxylic acids is 2. The fourth-order valence-electron chi connectivity index (χ4n) is 5.85. The largest absolute Gasteiger partial charge is 0.461 e. The molecule has 41 heavy (non-hydrogen) atoms. The molecule has 2 aromatic heterocycles. The van der Waals surface area contributed by atoms with Crippen LogP contribution in [0.5, 0.6) is 6.01 Å². The quantitative estimate of drug-likeness (QED) is 0.370. The first kappa shape index (κ1) is 26.9. The molecule has 6 rings (SSSR count). The number of aryl methyl sites for hydroxylation is 1. The zero-order valence-corrected chi connectivity index (χ0v) is 23.5. The summed E-state index contributed by atoms with van der Waals surface area (Å²) in [5.74, 6) is -0.868. The molecule has 0 saturated carbocycles. The summed E-state index contributed by atoms with van der Waals surface area (Å²) in [6.45, 7) is 6.10. The van der Waals surface area contributed by atoms with Gasteiger partial charge in [0, 0.05) is 80.2 Å². The van der Waals surface area contributed by atoms with Crippen LogP contribution in [0.2, 0.25) is 0 Å². The Balaban J connectivity index is 1.35. The molecule has 4 aromatic rings. The number of halogens is 1. The number of hydrogen-bond donors (Lipinski definition) is 2. The first-order valence-corrected chi connectivity index (χ1v) is 13.8. The van der Waals surface area contributed by atoms with Gasteiger partial charge >= 0.3 is 6.01 Å². The summed E-state index contributed by atoms with van der Waals surface area (Å²) in [7, 11) is 3.48. The summed E-state index contributed by atoms with van der Waals surface area (Å²) in [6.07, 6.45) is 4.58. The maximum atomic E-state index is 14.7. The van der Waals surface area contributed by atoms with Crippen molar-refractivity contribution in [3.05, 3.63) is 48.0 Å². The van der Waals surface area contributed by atoms with Gasteiger partial charge in [0.2, 0.25) is 5.91 Å². The molecule has 0 radical (unpaired) electrons. The lowest BCUT2D eigenvalue weighted by Gasteiger charge is -2.38. The number of nitrogens with one attached hydrogen (secondary N) is 2. The van der Waals surface area contributed by atoms with Crippen molar-refractivity contribution in [2.45, 2.75) is 44.8 Å². The van der Waals surface area contributed by atoms with Crippen LogP contribution in [0.4, 0.5) is 15.8 Å². The number of fused-ring (bicyclic) bond motifs is 2. The molecule has 12 heteroatoms. The first-order chi connectivity index (χ1) is 19.7. The molecule has 0 bridgehead atoms. The number of likely N-dealkylation sites (tertiary alicyclic amines) is 1. The Labute approximate surface area is 236 Å². The number of amides is 2. The van der Waals surface area contributed by atoms with Gasteiger partial charge in [0.15, 0.2) is 5.82 Å². The maximum Gasteiger partial charge on any atom is 0.317 e. The highest BCUT2D eigenvalue weighted by atomic mass is 19.1. The third-order valence-electron chi connectivity index (χ3n) is 7.82. The molecule has 2 amide bonds. The second kappa shape index (κ2) is 10.6. The Kier molecular flexibility index (Phi) is 6.94. The average molecular weight is 561 g/mol. The van der Waals surface area contributed by atoms with Gasteiger partial charge in [-0.25, -0.2) is 9.37 Å². The number of benzene rings is 2. The number of piperazine rings is 1. The van der Waals surface area contributed by atoms with Crippen LogP contribution in [0, 0.1) is 5.82 Å². The van der Waals surface area contributed by atoms with E-state index >= 15 is 0 Å². The minimum absolute atomic E-state index is 0.0583. The summed E-state index contributed by atoms with van der Waals surface area (Å²) in [4.78, 5) is 38.6. The van der Waals surface area contributed by atoms with Crippen molar-refractivity contribution in [3.63, 3.8) is 0 Å².